The number of halogens is 1. The lowest BCUT2D eigenvalue weighted by Crippen LogP contribution is -2.22. The standard InChI is InChI=1S/C18H16FNO/c1-3-15-10-13-7-4-6-12(2)17(13)18(21)20(15)16-9-5-8-14(19)11-16/h4-11H,3H2,1-2H3. The molecule has 0 aliphatic carbocycles. The van der Waals surface area contributed by atoms with Gasteiger partial charge in [-0.25, -0.2) is 4.39 Å². The number of pyridine rings is 1. The average Bonchev–Trinajstić information content (AvgIpc) is 2.46. The van der Waals surface area contributed by atoms with E-state index in [-0.39, 0.29) is 11.4 Å². The van der Waals surface area contributed by atoms with Crippen LogP contribution in [0.4, 0.5) is 4.39 Å². The van der Waals surface area contributed by atoms with Crippen molar-refractivity contribution >= 4 is 10.8 Å². The van der Waals surface area contributed by atoms with Crippen molar-refractivity contribution in [1.82, 2.24) is 4.57 Å². The highest BCUT2D eigenvalue weighted by Gasteiger charge is 2.11. The predicted molar refractivity (Wildman–Crippen MR) is 83.6 cm³/mol. The Balaban J connectivity index is 2.44. The molecule has 3 rings (SSSR count). The van der Waals surface area contributed by atoms with E-state index in [1.54, 1.807) is 16.7 Å². The van der Waals surface area contributed by atoms with Gasteiger partial charge in [0.05, 0.1) is 11.1 Å². The van der Waals surface area contributed by atoms with E-state index in [1.165, 1.54) is 12.1 Å². The number of nitrogens with zero attached hydrogens (tertiary/aromatic N) is 1. The van der Waals surface area contributed by atoms with Crippen LogP contribution in [0.15, 0.2) is 53.3 Å². The lowest BCUT2D eigenvalue weighted by atomic mass is 10.1. The Hall–Kier alpha value is -2.42. The Morgan fingerprint density at radius 3 is 2.57 bits per heavy atom. The van der Waals surface area contributed by atoms with Gasteiger partial charge in [0.2, 0.25) is 0 Å². The highest BCUT2D eigenvalue weighted by molar-refractivity contribution is 5.85. The van der Waals surface area contributed by atoms with Crippen LogP contribution in [0.1, 0.15) is 18.2 Å². The molecular formula is C18H16FNO. The van der Waals surface area contributed by atoms with Gasteiger partial charge in [-0.2, -0.15) is 0 Å². The average molecular weight is 281 g/mol. The third-order valence-corrected chi connectivity index (χ3v) is 3.76. The topological polar surface area (TPSA) is 22.0 Å². The first kappa shape index (κ1) is 13.6. The van der Waals surface area contributed by atoms with Crippen molar-refractivity contribution in [2.45, 2.75) is 20.3 Å². The Morgan fingerprint density at radius 2 is 1.86 bits per heavy atom. The molecule has 0 saturated carbocycles. The number of benzene rings is 2. The maximum atomic E-state index is 13.5. The highest BCUT2D eigenvalue weighted by atomic mass is 19.1. The molecule has 0 saturated heterocycles. The van der Waals surface area contributed by atoms with Gasteiger partial charge >= 0.3 is 0 Å². The Labute approximate surface area is 122 Å². The summed E-state index contributed by atoms with van der Waals surface area (Å²) < 4.78 is 15.1. The minimum absolute atomic E-state index is 0.0898. The molecule has 0 aliphatic heterocycles. The second-order valence-electron chi connectivity index (χ2n) is 5.15. The zero-order valence-corrected chi connectivity index (χ0v) is 12.1. The molecule has 0 atom stereocenters. The molecule has 0 N–H and O–H groups in total. The fourth-order valence-corrected chi connectivity index (χ4v) is 2.75. The number of fused-ring (bicyclic) bond motifs is 1. The van der Waals surface area contributed by atoms with Gasteiger partial charge in [-0.05, 0) is 48.6 Å². The Morgan fingerprint density at radius 1 is 1.10 bits per heavy atom. The second-order valence-corrected chi connectivity index (χ2v) is 5.15. The normalized spacial score (nSPS) is 11.0. The van der Waals surface area contributed by atoms with E-state index in [4.69, 9.17) is 0 Å². The highest BCUT2D eigenvalue weighted by Crippen LogP contribution is 2.19. The van der Waals surface area contributed by atoms with E-state index in [9.17, 15) is 9.18 Å². The van der Waals surface area contributed by atoms with Crippen molar-refractivity contribution in [1.29, 1.82) is 0 Å². The van der Waals surface area contributed by atoms with Crippen LogP contribution in [0.25, 0.3) is 16.5 Å². The van der Waals surface area contributed by atoms with Gasteiger partial charge in [-0.3, -0.25) is 9.36 Å². The van der Waals surface area contributed by atoms with Crippen LogP contribution in [-0.4, -0.2) is 4.57 Å². The summed E-state index contributed by atoms with van der Waals surface area (Å²) in [5.41, 5.74) is 2.30. The van der Waals surface area contributed by atoms with Gasteiger partial charge in [0.15, 0.2) is 0 Å². The van der Waals surface area contributed by atoms with Crippen LogP contribution < -0.4 is 5.56 Å². The summed E-state index contributed by atoms with van der Waals surface area (Å²) in [6, 6.07) is 14.0. The summed E-state index contributed by atoms with van der Waals surface area (Å²) in [6.45, 7) is 3.91. The van der Waals surface area contributed by atoms with E-state index in [0.717, 1.165) is 16.6 Å². The molecule has 2 aromatic carbocycles. The molecule has 0 bridgehead atoms. The fourth-order valence-electron chi connectivity index (χ4n) is 2.75. The fraction of sp³-hybridized carbons (Fsp3) is 0.167. The maximum Gasteiger partial charge on any atom is 0.263 e. The zero-order valence-electron chi connectivity index (χ0n) is 12.1. The molecule has 0 fully saturated rings. The number of hydrogen-bond acceptors (Lipinski definition) is 1. The SMILES string of the molecule is CCc1cc2cccc(C)c2c(=O)n1-c1cccc(F)c1. The van der Waals surface area contributed by atoms with Crippen molar-refractivity contribution in [3.63, 3.8) is 0 Å². The monoisotopic (exact) mass is 281 g/mol. The van der Waals surface area contributed by atoms with E-state index in [2.05, 4.69) is 0 Å². The van der Waals surface area contributed by atoms with Gasteiger partial charge in [-0.1, -0.05) is 31.2 Å². The molecule has 2 nitrogen and oxygen atoms in total. The van der Waals surface area contributed by atoms with Gasteiger partial charge < -0.3 is 0 Å². The predicted octanol–water partition coefficient (Wildman–Crippen LogP) is 4.00. The summed E-state index contributed by atoms with van der Waals surface area (Å²) in [5, 5.41) is 1.63. The van der Waals surface area contributed by atoms with Crippen LogP contribution in [-0.2, 0) is 6.42 Å². The minimum Gasteiger partial charge on any atom is -0.281 e. The maximum absolute atomic E-state index is 13.5. The van der Waals surface area contributed by atoms with Crippen molar-refractivity contribution < 1.29 is 4.39 Å². The van der Waals surface area contributed by atoms with Gasteiger partial charge in [0.25, 0.3) is 5.56 Å². The Kier molecular flexibility index (Phi) is 3.34. The van der Waals surface area contributed by atoms with Crippen LogP contribution in [0, 0.1) is 12.7 Å². The van der Waals surface area contributed by atoms with Crippen molar-refractivity contribution in [3.8, 4) is 5.69 Å². The van der Waals surface area contributed by atoms with Crippen molar-refractivity contribution in [3.05, 3.63) is 76.0 Å². The third kappa shape index (κ3) is 2.25. The largest absolute Gasteiger partial charge is 0.281 e. The van der Waals surface area contributed by atoms with Crippen LogP contribution in [0.2, 0.25) is 0 Å². The Bertz CT molecular complexity index is 880. The molecule has 21 heavy (non-hydrogen) atoms. The molecule has 0 spiro atoms. The number of rotatable bonds is 2. The molecule has 3 heteroatoms. The lowest BCUT2D eigenvalue weighted by Gasteiger charge is -2.14. The van der Waals surface area contributed by atoms with Gasteiger partial charge in [0, 0.05) is 5.69 Å². The third-order valence-electron chi connectivity index (χ3n) is 3.76. The lowest BCUT2D eigenvalue weighted by molar-refractivity contribution is 0.626. The summed E-state index contributed by atoms with van der Waals surface area (Å²) in [4.78, 5) is 12.9. The molecule has 0 radical (unpaired) electrons. The summed E-state index contributed by atoms with van der Waals surface area (Å²) >= 11 is 0. The second kappa shape index (κ2) is 5.17. The molecule has 0 aliphatic rings. The van der Waals surface area contributed by atoms with Crippen molar-refractivity contribution in [2.24, 2.45) is 0 Å². The van der Waals surface area contributed by atoms with Gasteiger partial charge in [-0.15, -0.1) is 0 Å². The quantitative estimate of drug-likeness (QED) is 0.696. The molecular weight excluding hydrogens is 265 g/mol. The smallest absolute Gasteiger partial charge is 0.263 e. The number of aryl methyl sites for hydroxylation is 2. The molecule has 1 aromatic heterocycles. The number of hydrogen-bond donors (Lipinski definition) is 0. The summed E-state index contributed by atoms with van der Waals surface area (Å²) in [6.07, 6.45) is 0.704. The first-order valence-electron chi connectivity index (χ1n) is 7.02. The summed E-state index contributed by atoms with van der Waals surface area (Å²) in [5.74, 6) is -0.341. The zero-order chi connectivity index (χ0) is 15.0. The minimum atomic E-state index is -0.341. The molecule has 1 heterocycles. The van der Waals surface area contributed by atoms with Crippen LogP contribution in [0.3, 0.4) is 0 Å². The van der Waals surface area contributed by atoms with E-state index in [0.29, 0.717) is 17.5 Å². The van der Waals surface area contributed by atoms with Crippen molar-refractivity contribution in [2.75, 3.05) is 0 Å². The molecule has 0 amide bonds. The first-order valence-corrected chi connectivity index (χ1v) is 7.02. The van der Waals surface area contributed by atoms with Gasteiger partial charge in [0.1, 0.15) is 5.82 Å². The first-order chi connectivity index (χ1) is 10.1. The summed E-state index contributed by atoms with van der Waals surface area (Å²) in [7, 11) is 0. The van der Waals surface area contributed by atoms with E-state index >= 15 is 0 Å². The molecule has 3 aromatic rings. The number of aromatic nitrogens is 1. The molecule has 106 valence electrons. The van der Waals surface area contributed by atoms with Crippen LogP contribution in [0.5, 0.6) is 0 Å². The van der Waals surface area contributed by atoms with Crippen LogP contribution >= 0.6 is 0 Å². The van der Waals surface area contributed by atoms with E-state index < -0.39 is 0 Å². The molecule has 0 unspecified atom stereocenters. The van der Waals surface area contributed by atoms with E-state index in [1.807, 2.05) is 38.1 Å².